The minimum atomic E-state index is 0.747. The molecule has 0 radical (unpaired) electrons. The van der Waals surface area contributed by atoms with Gasteiger partial charge in [0.25, 0.3) is 0 Å². The topological polar surface area (TPSA) is 38.5 Å². The van der Waals surface area contributed by atoms with Crippen LogP contribution in [0.1, 0.15) is 12.8 Å². The number of hydrogen-bond donors (Lipinski definition) is 1. The van der Waals surface area contributed by atoms with Crippen LogP contribution < -0.4 is 5.73 Å². The fourth-order valence-corrected chi connectivity index (χ4v) is 1.45. The number of nitrogens with zero attached hydrogens (tertiary/aromatic N) is 1. The molecule has 0 aliphatic heterocycles. The van der Waals surface area contributed by atoms with E-state index in [0.717, 1.165) is 31.7 Å². The van der Waals surface area contributed by atoms with Crippen LogP contribution in [0.25, 0.3) is 0 Å². The quantitative estimate of drug-likeness (QED) is 0.707. The highest BCUT2D eigenvalue weighted by molar-refractivity contribution is 5.25. The molecule has 0 spiro atoms. The maximum Gasteiger partial charge on any atom is 0.0637 e. The molecule has 3 heteroatoms. The molecular formula is C10H18N2O. The predicted octanol–water partition coefficient (Wildman–Crippen LogP) is 1.08. The molecule has 0 atom stereocenters. The third kappa shape index (κ3) is 2.77. The van der Waals surface area contributed by atoms with Gasteiger partial charge in [0, 0.05) is 26.4 Å². The Hall–Kier alpha value is -0.960. The van der Waals surface area contributed by atoms with E-state index in [1.54, 1.807) is 7.11 Å². The summed E-state index contributed by atoms with van der Waals surface area (Å²) in [5, 5.41) is 0. The predicted molar refractivity (Wildman–Crippen MR) is 54.1 cm³/mol. The molecule has 74 valence electrons. The van der Waals surface area contributed by atoms with E-state index >= 15 is 0 Å². The molecule has 0 bridgehead atoms. The summed E-state index contributed by atoms with van der Waals surface area (Å²) >= 11 is 0. The van der Waals surface area contributed by atoms with Crippen molar-refractivity contribution in [2.75, 3.05) is 27.3 Å². The van der Waals surface area contributed by atoms with Gasteiger partial charge in [0.1, 0.15) is 0 Å². The van der Waals surface area contributed by atoms with Gasteiger partial charge in [-0.15, -0.1) is 0 Å². The van der Waals surface area contributed by atoms with E-state index in [2.05, 4.69) is 18.0 Å². The van der Waals surface area contributed by atoms with Crippen LogP contribution in [0.2, 0.25) is 0 Å². The summed E-state index contributed by atoms with van der Waals surface area (Å²) < 4.78 is 5.02. The first-order valence-corrected chi connectivity index (χ1v) is 4.61. The van der Waals surface area contributed by atoms with Gasteiger partial charge in [-0.2, -0.15) is 0 Å². The van der Waals surface area contributed by atoms with E-state index < -0.39 is 0 Å². The normalized spacial score (nSPS) is 16.5. The molecule has 1 rings (SSSR count). The van der Waals surface area contributed by atoms with Crippen molar-refractivity contribution in [3.05, 3.63) is 23.5 Å². The summed E-state index contributed by atoms with van der Waals surface area (Å²) in [5.41, 5.74) is 7.99. The second-order valence-corrected chi connectivity index (χ2v) is 3.26. The van der Waals surface area contributed by atoms with Gasteiger partial charge in [0.2, 0.25) is 0 Å². The fraction of sp³-hybridized carbons (Fsp3) is 0.600. The van der Waals surface area contributed by atoms with Gasteiger partial charge in [0.15, 0.2) is 0 Å². The fourth-order valence-electron chi connectivity index (χ4n) is 1.45. The van der Waals surface area contributed by atoms with Crippen molar-refractivity contribution in [1.82, 2.24) is 4.90 Å². The Balaban J connectivity index is 2.53. The van der Waals surface area contributed by atoms with E-state index in [4.69, 9.17) is 10.5 Å². The minimum Gasteiger partial charge on any atom is -0.397 e. The third-order valence-electron chi connectivity index (χ3n) is 2.27. The van der Waals surface area contributed by atoms with Crippen LogP contribution >= 0.6 is 0 Å². The van der Waals surface area contributed by atoms with Crippen LogP contribution in [0, 0.1) is 0 Å². The van der Waals surface area contributed by atoms with Crippen LogP contribution in [0.3, 0.4) is 0 Å². The molecule has 0 aromatic carbocycles. The van der Waals surface area contributed by atoms with Crippen LogP contribution in [0.5, 0.6) is 0 Å². The molecule has 0 heterocycles. The van der Waals surface area contributed by atoms with Crippen molar-refractivity contribution in [3.8, 4) is 0 Å². The lowest BCUT2D eigenvalue weighted by Crippen LogP contribution is -2.25. The molecule has 0 aromatic rings. The molecule has 2 N–H and O–H groups in total. The van der Waals surface area contributed by atoms with E-state index in [1.807, 2.05) is 6.08 Å². The lowest BCUT2D eigenvalue weighted by Gasteiger charge is -2.25. The minimum absolute atomic E-state index is 0.747. The van der Waals surface area contributed by atoms with Gasteiger partial charge in [-0.3, -0.25) is 0 Å². The molecule has 3 nitrogen and oxygen atoms in total. The van der Waals surface area contributed by atoms with E-state index in [0.29, 0.717) is 0 Å². The maximum absolute atomic E-state index is 5.86. The Kier molecular flexibility index (Phi) is 3.83. The first-order chi connectivity index (χ1) is 6.25. The molecule has 0 amide bonds. The van der Waals surface area contributed by atoms with Crippen molar-refractivity contribution < 1.29 is 4.74 Å². The molecule has 0 fully saturated rings. The lowest BCUT2D eigenvalue weighted by atomic mass is 10.1. The first kappa shape index (κ1) is 10.1. The standard InChI is InChI=1S/C10H18N2O/c1-12(7-8-13-2)10-6-4-3-5-9(10)11/h3,5H,4,6-8,11H2,1-2H3. The molecule has 1 aliphatic carbocycles. The van der Waals surface area contributed by atoms with Crippen LogP contribution in [0.15, 0.2) is 23.5 Å². The summed E-state index contributed by atoms with van der Waals surface area (Å²) in [5.74, 6) is 0. The van der Waals surface area contributed by atoms with Crippen molar-refractivity contribution in [3.63, 3.8) is 0 Å². The third-order valence-corrected chi connectivity index (χ3v) is 2.27. The number of methoxy groups -OCH3 is 1. The first-order valence-electron chi connectivity index (χ1n) is 4.61. The summed E-state index contributed by atoms with van der Waals surface area (Å²) in [4.78, 5) is 2.17. The van der Waals surface area contributed by atoms with Gasteiger partial charge in [0.05, 0.1) is 12.3 Å². The number of likely N-dealkylation sites (N-methyl/N-ethyl adjacent to an activating group) is 1. The van der Waals surface area contributed by atoms with Crippen LogP contribution in [-0.4, -0.2) is 32.2 Å². The van der Waals surface area contributed by atoms with Crippen molar-refractivity contribution in [2.45, 2.75) is 12.8 Å². The number of allylic oxidation sites excluding steroid dienone is 3. The maximum atomic E-state index is 5.86. The molecule has 1 aliphatic rings. The highest BCUT2D eigenvalue weighted by atomic mass is 16.5. The molecule has 0 saturated heterocycles. The summed E-state index contributed by atoms with van der Waals surface area (Å²) in [7, 11) is 3.77. The Morgan fingerprint density at radius 3 is 3.00 bits per heavy atom. The SMILES string of the molecule is COCCN(C)C1=C(N)C=CCC1. The second kappa shape index (κ2) is 4.92. The number of nitrogens with two attached hydrogens (primary N) is 1. The van der Waals surface area contributed by atoms with Crippen molar-refractivity contribution >= 4 is 0 Å². The van der Waals surface area contributed by atoms with E-state index in [1.165, 1.54) is 5.70 Å². The van der Waals surface area contributed by atoms with Gasteiger partial charge >= 0.3 is 0 Å². The zero-order valence-electron chi connectivity index (χ0n) is 8.42. The number of hydrogen-bond acceptors (Lipinski definition) is 3. The van der Waals surface area contributed by atoms with Gasteiger partial charge in [-0.25, -0.2) is 0 Å². The molecule has 13 heavy (non-hydrogen) atoms. The largest absolute Gasteiger partial charge is 0.397 e. The summed E-state index contributed by atoms with van der Waals surface area (Å²) in [6, 6.07) is 0. The zero-order valence-corrected chi connectivity index (χ0v) is 8.42. The lowest BCUT2D eigenvalue weighted by molar-refractivity contribution is 0.172. The summed E-state index contributed by atoms with van der Waals surface area (Å²) in [6.45, 7) is 1.65. The van der Waals surface area contributed by atoms with Crippen LogP contribution in [0.4, 0.5) is 0 Å². The average molecular weight is 182 g/mol. The Morgan fingerprint density at radius 2 is 2.38 bits per heavy atom. The molecule has 0 aromatic heterocycles. The van der Waals surface area contributed by atoms with Crippen molar-refractivity contribution in [2.24, 2.45) is 5.73 Å². The molecule has 0 unspecified atom stereocenters. The zero-order chi connectivity index (χ0) is 9.68. The second-order valence-electron chi connectivity index (χ2n) is 3.26. The van der Waals surface area contributed by atoms with Gasteiger partial charge in [-0.05, 0) is 18.9 Å². The van der Waals surface area contributed by atoms with Crippen molar-refractivity contribution in [1.29, 1.82) is 0 Å². The number of rotatable bonds is 4. The smallest absolute Gasteiger partial charge is 0.0637 e. The molecular weight excluding hydrogens is 164 g/mol. The average Bonchev–Trinajstić information content (AvgIpc) is 2.15. The van der Waals surface area contributed by atoms with E-state index in [9.17, 15) is 0 Å². The Bertz CT molecular complexity index is 221. The Labute approximate surface area is 79.9 Å². The number of ether oxygens (including phenoxy) is 1. The van der Waals surface area contributed by atoms with Gasteiger partial charge in [-0.1, -0.05) is 6.08 Å². The highest BCUT2D eigenvalue weighted by Gasteiger charge is 2.09. The monoisotopic (exact) mass is 182 g/mol. The summed E-state index contributed by atoms with van der Waals surface area (Å²) in [6.07, 6.45) is 6.24. The Morgan fingerprint density at radius 1 is 1.62 bits per heavy atom. The van der Waals surface area contributed by atoms with Crippen LogP contribution in [-0.2, 0) is 4.74 Å². The van der Waals surface area contributed by atoms with E-state index in [-0.39, 0.29) is 0 Å². The highest BCUT2D eigenvalue weighted by Crippen LogP contribution is 2.17. The van der Waals surface area contributed by atoms with Gasteiger partial charge < -0.3 is 15.4 Å². The molecule has 0 saturated carbocycles.